The molecule has 0 aliphatic carbocycles. The van der Waals surface area contributed by atoms with Gasteiger partial charge in [0, 0.05) is 83.0 Å². The minimum atomic E-state index is -1.18. The number of nitrogens with zero attached hydrogens (tertiary/aromatic N) is 9. The Hall–Kier alpha value is -6.47. The summed E-state index contributed by atoms with van der Waals surface area (Å²) in [5.41, 5.74) is 4.89. The van der Waals surface area contributed by atoms with E-state index in [1.54, 1.807) is 42.8 Å². The SMILES string of the molecule is C=CCn1c(=O)c2cnc(Nc3ccc(N4CCN(C(=O)CCOCCOCCOCCN5CCN(Cc6ccc(COc7cccc(C)c7)cc6)CC5)CC4)cc3)nc2n1-c1cccc(C(C)(C)O)n1. The number of ether oxygens (including phenoxy) is 4. The van der Waals surface area contributed by atoms with Crippen molar-refractivity contribution >= 4 is 34.3 Å². The first kappa shape index (κ1) is 50.9. The summed E-state index contributed by atoms with van der Waals surface area (Å²) in [4.78, 5) is 49.3. The number of aliphatic hydroxyl groups is 1. The van der Waals surface area contributed by atoms with E-state index in [2.05, 4.69) is 79.9 Å². The minimum Gasteiger partial charge on any atom is -0.489 e. The average Bonchev–Trinajstić information content (AvgIpc) is 3.65. The molecule has 5 heterocycles. The van der Waals surface area contributed by atoms with E-state index in [0.29, 0.717) is 94.3 Å². The van der Waals surface area contributed by atoms with E-state index in [-0.39, 0.29) is 18.0 Å². The van der Waals surface area contributed by atoms with Gasteiger partial charge in [-0.2, -0.15) is 4.98 Å². The lowest BCUT2D eigenvalue weighted by atomic mass is 10.1. The lowest BCUT2D eigenvalue weighted by Gasteiger charge is -2.36. The summed E-state index contributed by atoms with van der Waals surface area (Å²) in [5, 5.41) is 14.2. The van der Waals surface area contributed by atoms with Crippen molar-refractivity contribution < 1.29 is 28.8 Å². The standard InChI is InChI=1S/C54H68N10O7/c1-5-21-63-52(66)47-38-55-53(58-51(47)64(63)49-11-7-10-48(57-49)54(3,4)67)56-44-16-18-45(19-17-44)61-26-28-62(29-27-61)50(65)20-31-68-33-35-70-36-34-69-32-30-59-22-24-60(25-23-59)39-42-12-14-43(15-13-42)40-71-46-9-6-8-41(2)37-46/h5-19,37-38,67H,1,20-36,39-40H2,2-4H3,(H,55,56,58). The Bertz CT molecular complexity index is 2720. The van der Waals surface area contributed by atoms with Crippen LogP contribution in [0.3, 0.4) is 0 Å². The van der Waals surface area contributed by atoms with Crippen LogP contribution >= 0.6 is 0 Å². The third kappa shape index (κ3) is 14.1. The summed E-state index contributed by atoms with van der Waals surface area (Å²) in [6, 6.07) is 30.2. The number of aryl methyl sites for hydroxylation is 1. The van der Waals surface area contributed by atoms with Crippen LogP contribution < -0.4 is 20.5 Å². The van der Waals surface area contributed by atoms with Crippen LogP contribution in [0.4, 0.5) is 17.3 Å². The number of aromatic nitrogens is 5. The number of piperazine rings is 2. The number of hydrogen-bond acceptors (Lipinski definition) is 14. The molecule has 8 rings (SSSR count). The van der Waals surface area contributed by atoms with Crippen molar-refractivity contribution in [3.63, 3.8) is 0 Å². The molecule has 0 atom stereocenters. The molecule has 6 aromatic rings. The van der Waals surface area contributed by atoms with Gasteiger partial charge in [0.15, 0.2) is 11.5 Å². The first-order valence-corrected chi connectivity index (χ1v) is 24.7. The fourth-order valence-electron chi connectivity index (χ4n) is 8.68. The molecule has 2 aliphatic heterocycles. The van der Waals surface area contributed by atoms with Crippen molar-refractivity contribution in [3.8, 4) is 11.6 Å². The number of hydrogen-bond donors (Lipinski definition) is 2. The zero-order valence-corrected chi connectivity index (χ0v) is 41.4. The van der Waals surface area contributed by atoms with Gasteiger partial charge in [-0.15, -0.1) is 6.58 Å². The van der Waals surface area contributed by atoms with Crippen molar-refractivity contribution in [1.29, 1.82) is 0 Å². The molecule has 2 fully saturated rings. The average molecular weight is 969 g/mol. The fourth-order valence-corrected chi connectivity index (χ4v) is 8.68. The van der Waals surface area contributed by atoms with Gasteiger partial charge in [0.05, 0.1) is 58.3 Å². The number of rotatable bonds is 24. The number of fused-ring (bicyclic) bond motifs is 1. The molecule has 0 radical (unpaired) electrons. The van der Waals surface area contributed by atoms with Gasteiger partial charge >= 0.3 is 0 Å². The molecule has 0 unspecified atom stereocenters. The smallest absolute Gasteiger partial charge is 0.278 e. The van der Waals surface area contributed by atoms with Crippen LogP contribution in [-0.2, 0) is 44.3 Å². The Morgan fingerprint density at radius 3 is 2.17 bits per heavy atom. The van der Waals surface area contributed by atoms with Crippen LogP contribution in [0.1, 0.15) is 42.7 Å². The van der Waals surface area contributed by atoms with Crippen LogP contribution in [0.25, 0.3) is 16.9 Å². The van der Waals surface area contributed by atoms with Crippen LogP contribution in [0.5, 0.6) is 5.75 Å². The van der Waals surface area contributed by atoms with Gasteiger partial charge in [-0.05, 0) is 86.0 Å². The van der Waals surface area contributed by atoms with Gasteiger partial charge < -0.3 is 39.2 Å². The molecule has 2 aliphatic rings. The van der Waals surface area contributed by atoms with Crippen LogP contribution in [0.2, 0.25) is 0 Å². The number of amides is 1. The van der Waals surface area contributed by atoms with Crippen LogP contribution in [0.15, 0.2) is 115 Å². The highest BCUT2D eigenvalue weighted by atomic mass is 16.5. The topological polar surface area (TPSA) is 165 Å². The lowest BCUT2D eigenvalue weighted by Crippen LogP contribution is -2.49. The van der Waals surface area contributed by atoms with Gasteiger partial charge in [-0.3, -0.25) is 19.4 Å². The fraction of sp³-hybridized carbons (Fsp3) is 0.426. The molecule has 0 spiro atoms. The summed E-state index contributed by atoms with van der Waals surface area (Å²) in [6.07, 6.45) is 3.48. The van der Waals surface area contributed by atoms with E-state index in [9.17, 15) is 14.7 Å². The summed E-state index contributed by atoms with van der Waals surface area (Å²) in [7, 11) is 0. The molecule has 17 heteroatoms. The Labute approximate surface area is 416 Å². The van der Waals surface area contributed by atoms with Crippen molar-refractivity contribution in [2.45, 2.75) is 52.5 Å². The zero-order chi connectivity index (χ0) is 49.6. The highest BCUT2D eigenvalue weighted by Crippen LogP contribution is 2.25. The van der Waals surface area contributed by atoms with Crippen molar-refractivity contribution in [1.82, 2.24) is 39.0 Å². The van der Waals surface area contributed by atoms with Crippen molar-refractivity contribution in [2.24, 2.45) is 0 Å². The highest BCUT2D eigenvalue weighted by molar-refractivity contribution is 5.78. The van der Waals surface area contributed by atoms with Gasteiger partial charge in [-0.1, -0.05) is 48.5 Å². The predicted molar refractivity (Wildman–Crippen MR) is 276 cm³/mol. The predicted octanol–water partition coefficient (Wildman–Crippen LogP) is 5.93. The lowest BCUT2D eigenvalue weighted by molar-refractivity contribution is -0.132. The number of anilines is 3. The molecule has 17 nitrogen and oxygen atoms in total. The van der Waals surface area contributed by atoms with Gasteiger partial charge in [-0.25, -0.2) is 19.3 Å². The van der Waals surface area contributed by atoms with Crippen molar-refractivity contribution in [2.75, 3.05) is 109 Å². The summed E-state index contributed by atoms with van der Waals surface area (Å²) >= 11 is 0. The van der Waals surface area contributed by atoms with Gasteiger partial charge in [0.25, 0.3) is 5.56 Å². The maximum atomic E-state index is 13.4. The molecule has 1 amide bonds. The Balaban J connectivity index is 0.660. The molecular weight excluding hydrogens is 901 g/mol. The first-order valence-electron chi connectivity index (χ1n) is 24.7. The summed E-state index contributed by atoms with van der Waals surface area (Å²) in [6.45, 7) is 21.7. The van der Waals surface area contributed by atoms with E-state index in [1.165, 1.54) is 27.6 Å². The number of benzene rings is 3. The summed E-state index contributed by atoms with van der Waals surface area (Å²) < 4.78 is 26.4. The molecule has 2 saturated heterocycles. The second-order valence-electron chi connectivity index (χ2n) is 18.5. The number of carbonyl (C=O) groups is 1. The van der Waals surface area contributed by atoms with Crippen LogP contribution in [-0.4, -0.2) is 149 Å². The molecule has 3 aromatic heterocycles. The largest absolute Gasteiger partial charge is 0.489 e. The second-order valence-corrected chi connectivity index (χ2v) is 18.5. The van der Waals surface area contributed by atoms with Gasteiger partial charge in [0.1, 0.15) is 23.3 Å². The minimum absolute atomic E-state index is 0.0915. The third-order valence-electron chi connectivity index (χ3n) is 12.7. The van der Waals surface area contributed by atoms with E-state index in [0.717, 1.165) is 69.5 Å². The number of allylic oxidation sites excluding steroid dienone is 1. The quantitative estimate of drug-likeness (QED) is 0.0542. The monoisotopic (exact) mass is 969 g/mol. The van der Waals surface area contributed by atoms with Crippen LogP contribution in [0, 0.1) is 6.92 Å². The summed E-state index contributed by atoms with van der Waals surface area (Å²) in [5.74, 6) is 1.74. The molecule has 0 bridgehead atoms. The maximum Gasteiger partial charge on any atom is 0.278 e. The number of nitrogens with one attached hydrogen (secondary N) is 1. The highest BCUT2D eigenvalue weighted by Gasteiger charge is 2.24. The maximum absolute atomic E-state index is 13.4. The second kappa shape index (κ2) is 24.6. The van der Waals surface area contributed by atoms with E-state index in [1.807, 2.05) is 41.3 Å². The Morgan fingerprint density at radius 2 is 1.46 bits per heavy atom. The first-order chi connectivity index (χ1) is 34.5. The molecule has 71 heavy (non-hydrogen) atoms. The number of carbonyl (C=O) groups excluding carboxylic acids is 1. The molecule has 2 N–H and O–H groups in total. The molecule has 3 aromatic carbocycles. The van der Waals surface area contributed by atoms with Crippen molar-refractivity contribution in [3.05, 3.63) is 143 Å². The normalized spacial score (nSPS) is 14.8. The van der Waals surface area contributed by atoms with E-state index in [4.69, 9.17) is 23.9 Å². The molecule has 376 valence electrons. The molecular formula is C54H68N10O7. The molecule has 0 saturated carbocycles. The van der Waals surface area contributed by atoms with Gasteiger partial charge in [0.2, 0.25) is 11.9 Å². The Kier molecular flexibility index (Phi) is 17.6. The third-order valence-corrected chi connectivity index (χ3v) is 12.7. The Morgan fingerprint density at radius 1 is 0.789 bits per heavy atom. The van der Waals surface area contributed by atoms with E-state index >= 15 is 0 Å². The van der Waals surface area contributed by atoms with E-state index < -0.39 is 5.60 Å². The number of pyridine rings is 1. The zero-order valence-electron chi connectivity index (χ0n) is 41.4.